The fourth-order valence-corrected chi connectivity index (χ4v) is 3.42. The second-order valence-corrected chi connectivity index (χ2v) is 7.19. The van der Waals surface area contributed by atoms with E-state index >= 15 is 0 Å². The molecule has 3 rings (SSSR count). The SMILES string of the molecule is COc1ccc(/C=C(/C(=O)NCCSCc2ccco2)c2ccccc2)cc1. The van der Waals surface area contributed by atoms with Gasteiger partial charge >= 0.3 is 0 Å². The molecule has 0 atom stereocenters. The maximum atomic E-state index is 12.8. The number of amides is 1. The van der Waals surface area contributed by atoms with Gasteiger partial charge in [-0.05, 0) is 41.5 Å². The molecule has 0 unspecified atom stereocenters. The highest BCUT2D eigenvalue weighted by atomic mass is 32.2. The third-order valence-electron chi connectivity index (χ3n) is 4.11. The number of hydrogen-bond donors (Lipinski definition) is 1. The molecule has 3 aromatic rings. The van der Waals surface area contributed by atoms with Gasteiger partial charge in [0.2, 0.25) is 0 Å². The van der Waals surface area contributed by atoms with Gasteiger partial charge < -0.3 is 14.5 Å². The fourth-order valence-electron chi connectivity index (χ4n) is 2.66. The Hall–Kier alpha value is -2.92. The highest BCUT2D eigenvalue weighted by Gasteiger charge is 2.11. The van der Waals surface area contributed by atoms with Crippen molar-refractivity contribution in [3.05, 3.63) is 89.9 Å². The predicted octanol–water partition coefficient (Wildman–Crippen LogP) is 4.88. The van der Waals surface area contributed by atoms with E-state index < -0.39 is 0 Å². The van der Waals surface area contributed by atoms with Crippen molar-refractivity contribution >= 4 is 29.3 Å². The van der Waals surface area contributed by atoms with Crippen LogP contribution in [0.15, 0.2) is 77.4 Å². The highest BCUT2D eigenvalue weighted by molar-refractivity contribution is 7.98. The Morgan fingerprint density at radius 3 is 2.54 bits per heavy atom. The minimum Gasteiger partial charge on any atom is -0.497 e. The lowest BCUT2D eigenvalue weighted by molar-refractivity contribution is -0.115. The van der Waals surface area contributed by atoms with E-state index in [1.54, 1.807) is 25.1 Å². The van der Waals surface area contributed by atoms with Gasteiger partial charge in [0.05, 0.1) is 19.1 Å². The molecule has 0 bridgehead atoms. The number of carbonyl (C=O) groups is 1. The summed E-state index contributed by atoms with van der Waals surface area (Å²) < 4.78 is 10.5. The van der Waals surface area contributed by atoms with Crippen molar-refractivity contribution < 1.29 is 13.9 Å². The standard InChI is InChI=1S/C23H23NO3S/c1-26-20-11-9-18(10-12-20)16-22(19-6-3-2-4-7-19)23(25)24-13-15-28-17-21-8-5-14-27-21/h2-12,14,16H,13,15,17H2,1H3,(H,24,25)/b22-16+. The molecule has 0 radical (unpaired) electrons. The van der Waals surface area contributed by atoms with Gasteiger partial charge in [0, 0.05) is 17.9 Å². The minimum absolute atomic E-state index is 0.0828. The Balaban J connectivity index is 1.64. The normalized spacial score (nSPS) is 11.2. The van der Waals surface area contributed by atoms with Crippen LogP contribution in [0.4, 0.5) is 0 Å². The molecule has 1 heterocycles. The maximum Gasteiger partial charge on any atom is 0.251 e. The molecule has 1 N–H and O–H groups in total. The lowest BCUT2D eigenvalue weighted by Gasteiger charge is -2.10. The maximum absolute atomic E-state index is 12.8. The van der Waals surface area contributed by atoms with Crippen molar-refractivity contribution in [2.24, 2.45) is 0 Å². The molecular formula is C23H23NO3S. The highest BCUT2D eigenvalue weighted by Crippen LogP contribution is 2.20. The zero-order valence-electron chi connectivity index (χ0n) is 15.8. The zero-order chi connectivity index (χ0) is 19.6. The average molecular weight is 394 g/mol. The summed E-state index contributed by atoms with van der Waals surface area (Å²) in [6.07, 6.45) is 3.58. The Labute approximate surface area is 169 Å². The number of nitrogens with one attached hydrogen (secondary N) is 1. The molecule has 0 saturated carbocycles. The topological polar surface area (TPSA) is 51.5 Å². The van der Waals surface area contributed by atoms with Crippen LogP contribution in [0.3, 0.4) is 0 Å². The van der Waals surface area contributed by atoms with Crippen molar-refractivity contribution in [1.29, 1.82) is 0 Å². The van der Waals surface area contributed by atoms with E-state index in [1.807, 2.05) is 72.8 Å². The Morgan fingerprint density at radius 1 is 1.07 bits per heavy atom. The third-order valence-corrected chi connectivity index (χ3v) is 5.09. The van der Waals surface area contributed by atoms with E-state index in [4.69, 9.17) is 9.15 Å². The molecule has 5 heteroatoms. The van der Waals surface area contributed by atoms with Gasteiger partial charge in [0.1, 0.15) is 11.5 Å². The summed E-state index contributed by atoms with van der Waals surface area (Å²) in [5, 5.41) is 3.02. The second kappa shape index (κ2) is 10.4. The second-order valence-electron chi connectivity index (χ2n) is 6.09. The summed E-state index contributed by atoms with van der Waals surface area (Å²) in [4.78, 5) is 12.8. The molecule has 0 fully saturated rings. The number of ether oxygens (including phenoxy) is 1. The number of benzene rings is 2. The van der Waals surface area contributed by atoms with Gasteiger partial charge in [0.25, 0.3) is 5.91 Å². The molecule has 1 aromatic heterocycles. The number of furan rings is 1. The lowest BCUT2D eigenvalue weighted by atomic mass is 10.0. The monoisotopic (exact) mass is 393 g/mol. The van der Waals surface area contributed by atoms with Crippen LogP contribution >= 0.6 is 11.8 Å². The molecule has 0 saturated heterocycles. The van der Waals surface area contributed by atoms with Gasteiger partial charge in [-0.2, -0.15) is 11.8 Å². The molecule has 0 aliphatic heterocycles. The summed E-state index contributed by atoms with van der Waals surface area (Å²) in [6.45, 7) is 0.594. The summed E-state index contributed by atoms with van der Waals surface area (Å²) in [6, 6.07) is 21.2. The zero-order valence-corrected chi connectivity index (χ0v) is 16.6. The average Bonchev–Trinajstić information content (AvgIpc) is 3.26. The van der Waals surface area contributed by atoms with E-state index in [1.165, 1.54) is 0 Å². The van der Waals surface area contributed by atoms with E-state index in [-0.39, 0.29) is 5.91 Å². The molecule has 2 aromatic carbocycles. The molecule has 0 aliphatic rings. The third kappa shape index (κ3) is 5.79. The van der Waals surface area contributed by atoms with Gasteiger partial charge in [-0.15, -0.1) is 0 Å². The summed E-state index contributed by atoms with van der Waals surface area (Å²) in [7, 11) is 1.64. The van der Waals surface area contributed by atoms with Gasteiger partial charge in [-0.1, -0.05) is 42.5 Å². The molecule has 28 heavy (non-hydrogen) atoms. The van der Waals surface area contributed by atoms with Crippen molar-refractivity contribution in [2.75, 3.05) is 19.4 Å². The molecule has 144 valence electrons. The first-order valence-corrected chi connectivity index (χ1v) is 10.2. The van der Waals surface area contributed by atoms with Crippen LogP contribution < -0.4 is 10.1 Å². The summed E-state index contributed by atoms with van der Waals surface area (Å²) in [5.41, 5.74) is 2.47. The van der Waals surface area contributed by atoms with Crippen LogP contribution in [0.25, 0.3) is 11.6 Å². The smallest absolute Gasteiger partial charge is 0.251 e. The van der Waals surface area contributed by atoms with Crippen LogP contribution in [0, 0.1) is 0 Å². The molecule has 0 spiro atoms. The lowest BCUT2D eigenvalue weighted by Crippen LogP contribution is -2.26. The number of methoxy groups -OCH3 is 1. The van der Waals surface area contributed by atoms with Crippen LogP contribution in [-0.2, 0) is 10.5 Å². The summed E-state index contributed by atoms with van der Waals surface area (Å²) >= 11 is 1.73. The fraction of sp³-hybridized carbons (Fsp3) is 0.174. The predicted molar refractivity (Wildman–Crippen MR) is 115 cm³/mol. The van der Waals surface area contributed by atoms with Gasteiger partial charge in [0.15, 0.2) is 0 Å². The van der Waals surface area contributed by atoms with Crippen LogP contribution in [0.1, 0.15) is 16.9 Å². The first-order chi connectivity index (χ1) is 13.8. The number of hydrogen-bond acceptors (Lipinski definition) is 4. The van der Waals surface area contributed by atoms with Crippen molar-refractivity contribution in [3.63, 3.8) is 0 Å². The van der Waals surface area contributed by atoms with E-state index in [9.17, 15) is 4.79 Å². The van der Waals surface area contributed by atoms with Crippen LogP contribution in [0.5, 0.6) is 5.75 Å². The van der Waals surface area contributed by atoms with Crippen LogP contribution in [0.2, 0.25) is 0 Å². The molecule has 4 nitrogen and oxygen atoms in total. The van der Waals surface area contributed by atoms with E-state index in [0.717, 1.165) is 34.1 Å². The van der Waals surface area contributed by atoms with E-state index in [2.05, 4.69) is 5.32 Å². The van der Waals surface area contributed by atoms with Crippen molar-refractivity contribution in [1.82, 2.24) is 5.32 Å². The number of rotatable bonds is 9. The first kappa shape index (κ1) is 19.8. The van der Waals surface area contributed by atoms with Gasteiger partial charge in [-0.25, -0.2) is 0 Å². The largest absolute Gasteiger partial charge is 0.497 e. The van der Waals surface area contributed by atoms with Crippen molar-refractivity contribution in [2.45, 2.75) is 5.75 Å². The van der Waals surface area contributed by atoms with E-state index in [0.29, 0.717) is 12.1 Å². The Morgan fingerprint density at radius 2 is 1.86 bits per heavy atom. The Kier molecular flexibility index (Phi) is 7.38. The molecule has 0 aliphatic carbocycles. The Bertz CT molecular complexity index is 887. The molecule has 1 amide bonds. The number of thioether (sulfide) groups is 1. The quantitative estimate of drug-likeness (QED) is 0.320. The van der Waals surface area contributed by atoms with Gasteiger partial charge in [-0.3, -0.25) is 4.79 Å². The molecular weight excluding hydrogens is 370 g/mol. The van der Waals surface area contributed by atoms with Crippen LogP contribution in [-0.4, -0.2) is 25.3 Å². The summed E-state index contributed by atoms with van der Waals surface area (Å²) in [5.74, 6) is 3.27. The van der Waals surface area contributed by atoms with Crippen molar-refractivity contribution in [3.8, 4) is 5.75 Å². The number of carbonyl (C=O) groups excluding carboxylic acids is 1. The first-order valence-electron chi connectivity index (χ1n) is 9.06. The minimum atomic E-state index is -0.0828.